The molecule has 94 valence electrons. The molecule has 1 aromatic rings. The van der Waals surface area contributed by atoms with Crippen LogP contribution in [0.15, 0.2) is 5.51 Å². The van der Waals surface area contributed by atoms with Crippen molar-refractivity contribution in [2.24, 2.45) is 0 Å². The zero-order valence-corrected chi connectivity index (χ0v) is 11.3. The SMILES string of the molecule is CCS(=O)(=O)C1CN(C(=O)c2scnc2C)C1. The number of hydrogen-bond donors (Lipinski definition) is 0. The van der Waals surface area contributed by atoms with Gasteiger partial charge in [-0.2, -0.15) is 0 Å². The number of carbonyl (C=O) groups is 1. The van der Waals surface area contributed by atoms with Gasteiger partial charge in [-0.1, -0.05) is 6.92 Å². The van der Waals surface area contributed by atoms with Crippen molar-refractivity contribution in [2.75, 3.05) is 18.8 Å². The number of aromatic nitrogens is 1. The predicted molar refractivity (Wildman–Crippen MR) is 66.0 cm³/mol. The van der Waals surface area contributed by atoms with Gasteiger partial charge in [0.05, 0.1) is 16.5 Å². The van der Waals surface area contributed by atoms with Gasteiger partial charge >= 0.3 is 0 Å². The van der Waals surface area contributed by atoms with Crippen LogP contribution in [-0.2, 0) is 9.84 Å². The second-order valence-electron chi connectivity index (χ2n) is 4.05. The molecule has 0 aromatic carbocycles. The maximum atomic E-state index is 12.0. The molecule has 2 rings (SSSR count). The third kappa shape index (κ3) is 2.21. The van der Waals surface area contributed by atoms with Gasteiger partial charge in [-0.3, -0.25) is 4.79 Å². The first kappa shape index (κ1) is 12.5. The number of hydrogen-bond acceptors (Lipinski definition) is 5. The standard InChI is InChI=1S/C10H14N2O3S2/c1-3-17(14,15)8-4-12(5-8)10(13)9-7(2)11-6-16-9/h6,8H,3-5H2,1-2H3. The Balaban J connectivity index is 2.02. The van der Waals surface area contributed by atoms with E-state index in [4.69, 9.17) is 0 Å². The second-order valence-corrected chi connectivity index (χ2v) is 7.48. The monoisotopic (exact) mass is 274 g/mol. The molecule has 0 N–H and O–H groups in total. The Morgan fingerprint density at radius 1 is 1.59 bits per heavy atom. The molecule has 0 unspecified atom stereocenters. The molecule has 1 aromatic heterocycles. The van der Waals surface area contributed by atoms with Gasteiger partial charge in [-0.25, -0.2) is 13.4 Å². The van der Waals surface area contributed by atoms with Crippen LogP contribution in [0.2, 0.25) is 0 Å². The van der Waals surface area contributed by atoms with Crippen molar-refractivity contribution in [3.8, 4) is 0 Å². The molecular weight excluding hydrogens is 260 g/mol. The van der Waals surface area contributed by atoms with Crippen LogP contribution >= 0.6 is 11.3 Å². The number of thiazole rings is 1. The Morgan fingerprint density at radius 3 is 2.71 bits per heavy atom. The number of carbonyl (C=O) groups excluding carboxylic acids is 1. The number of aryl methyl sites for hydroxylation is 1. The van der Waals surface area contributed by atoms with Crippen molar-refractivity contribution in [1.29, 1.82) is 0 Å². The normalized spacial score (nSPS) is 16.9. The molecule has 0 aliphatic carbocycles. The van der Waals surface area contributed by atoms with E-state index in [1.165, 1.54) is 11.3 Å². The Bertz CT molecular complexity index is 530. The van der Waals surface area contributed by atoms with E-state index in [1.54, 1.807) is 24.3 Å². The molecular formula is C10H14N2O3S2. The van der Waals surface area contributed by atoms with Crippen LogP contribution in [0.5, 0.6) is 0 Å². The Labute approximate surface area is 104 Å². The van der Waals surface area contributed by atoms with Crippen molar-refractivity contribution in [3.63, 3.8) is 0 Å². The van der Waals surface area contributed by atoms with E-state index < -0.39 is 9.84 Å². The first-order valence-electron chi connectivity index (χ1n) is 5.36. The summed E-state index contributed by atoms with van der Waals surface area (Å²) in [6.07, 6.45) is 0. The van der Waals surface area contributed by atoms with E-state index >= 15 is 0 Å². The first-order chi connectivity index (χ1) is 7.95. The van der Waals surface area contributed by atoms with Crippen molar-refractivity contribution in [2.45, 2.75) is 19.1 Å². The summed E-state index contributed by atoms with van der Waals surface area (Å²) in [4.78, 5) is 18.2. The highest BCUT2D eigenvalue weighted by molar-refractivity contribution is 7.92. The van der Waals surface area contributed by atoms with Crippen LogP contribution in [0, 0.1) is 6.92 Å². The average Bonchev–Trinajstić information content (AvgIpc) is 2.61. The van der Waals surface area contributed by atoms with Crippen LogP contribution in [0.3, 0.4) is 0 Å². The number of nitrogens with zero attached hydrogens (tertiary/aromatic N) is 2. The molecule has 7 heteroatoms. The van der Waals surface area contributed by atoms with E-state index in [2.05, 4.69) is 4.98 Å². The van der Waals surface area contributed by atoms with E-state index in [0.29, 0.717) is 23.7 Å². The van der Waals surface area contributed by atoms with Gasteiger partial charge in [0, 0.05) is 18.8 Å². The molecule has 0 saturated carbocycles. The van der Waals surface area contributed by atoms with Gasteiger partial charge in [0.15, 0.2) is 9.84 Å². The van der Waals surface area contributed by atoms with Gasteiger partial charge in [0.25, 0.3) is 5.91 Å². The predicted octanol–water partition coefficient (Wildman–Crippen LogP) is 0.711. The summed E-state index contributed by atoms with van der Waals surface area (Å²) >= 11 is 1.30. The van der Waals surface area contributed by atoms with Gasteiger partial charge in [0.2, 0.25) is 0 Å². The Hall–Kier alpha value is -0.950. The van der Waals surface area contributed by atoms with Crippen LogP contribution in [0.4, 0.5) is 0 Å². The van der Waals surface area contributed by atoms with E-state index in [-0.39, 0.29) is 16.9 Å². The van der Waals surface area contributed by atoms with Crippen LogP contribution in [0.25, 0.3) is 0 Å². The number of amides is 1. The fourth-order valence-corrected chi connectivity index (χ4v) is 3.77. The fraction of sp³-hybridized carbons (Fsp3) is 0.600. The zero-order valence-electron chi connectivity index (χ0n) is 9.71. The molecule has 1 amide bonds. The van der Waals surface area contributed by atoms with Gasteiger partial charge in [-0.05, 0) is 6.92 Å². The minimum Gasteiger partial charge on any atom is -0.335 e. The largest absolute Gasteiger partial charge is 0.335 e. The topological polar surface area (TPSA) is 67.3 Å². The highest BCUT2D eigenvalue weighted by Crippen LogP contribution is 2.22. The maximum Gasteiger partial charge on any atom is 0.265 e. The van der Waals surface area contributed by atoms with Crippen molar-refractivity contribution < 1.29 is 13.2 Å². The zero-order chi connectivity index (χ0) is 12.6. The summed E-state index contributed by atoms with van der Waals surface area (Å²) in [6.45, 7) is 4.04. The lowest BCUT2D eigenvalue weighted by atomic mass is 10.2. The molecule has 17 heavy (non-hydrogen) atoms. The van der Waals surface area contributed by atoms with Crippen molar-refractivity contribution >= 4 is 27.1 Å². The number of sulfone groups is 1. The Morgan fingerprint density at radius 2 is 2.24 bits per heavy atom. The van der Waals surface area contributed by atoms with Crippen molar-refractivity contribution in [3.05, 3.63) is 16.1 Å². The number of rotatable bonds is 3. The maximum absolute atomic E-state index is 12.0. The second kappa shape index (κ2) is 4.38. The lowest BCUT2D eigenvalue weighted by Crippen LogP contribution is -2.57. The highest BCUT2D eigenvalue weighted by Gasteiger charge is 2.39. The molecule has 5 nitrogen and oxygen atoms in total. The molecule has 1 aliphatic rings. The van der Waals surface area contributed by atoms with Crippen LogP contribution < -0.4 is 0 Å². The lowest BCUT2D eigenvalue weighted by Gasteiger charge is -2.38. The highest BCUT2D eigenvalue weighted by atomic mass is 32.2. The minimum atomic E-state index is -3.01. The summed E-state index contributed by atoms with van der Waals surface area (Å²) in [7, 11) is -3.01. The molecule has 1 fully saturated rings. The van der Waals surface area contributed by atoms with Gasteiger partial charge in [-0.15, -0.1) is 11.3 Å². The summed E-state index contributed by atoms with van der Waals surface area (Å²) in [5, 5.41) is -0.385. The third-order valence-corrected chi connectivity index (χ3v) is 6.02. The summed E-state index contributed by atoms with van der Waals surface area (Å²) < 4.78 is 23.1. The van der Waals surface area contributed by atoms with Crippen LogP contribution in [0.1, 0.15) is 22.3 Å². The van der Waals surface area contributed by atoms with Gasteiger partial charge < -0.3 is 4.90 Å². The summed E-state index contributed by atoms with van der Waals surface area (Å²) in [6, 6.07) is 0. The summed E-state index contributed by atoms with van der Waals surface area (Å²) in [5.74, 6) is 0.0341. The molecule has 0 radical (unpaired) electrons. The molecule has 2 heterocycles. The smallest absolute Gasteiger partial charge is 0.265 e. The number of likely N-dealkylation sites (tertiary alicyclic amines) is 1. The molecule has 1 saturated heterocycles. The lowest BCUT2D eigenvalue weighted by molar-refractivity contribution is 0.0663. The third-order valence-electron chi connectivity index (χ3n) is 2.99. The fourth-order valence-electron chi connectivity index (χ4n) is 1.72. The molecule has 0 atom stereocenters. The quantitative estimate of drug-likeness (QED) is 0.814. The minimum absolute atomic E-state index is 0.104. The Kier molecular flexibility index (Phi) is 3.22. The van der Waals surface area contributed by atoms with E-state index in [1.807, 2.05) is 0 Å². The van der Waals surface area contributed by atoms with Crippen molar-refractivity contribution in [1.82, 2.24) is 9.88 Å². The first-order valence-corrected chi connectivity index (χ1v) is 7.96. The van der Waals surface area contributed by atoms with E-state index in [0.717, 1.165) is 0 Å². The molecule has 0 spiro atoms. The van der Waals surface area contributed by atoms with Gasteiger partial charge in [0.1, 0.15) is 4.88 Å². The molecule has 1 aliphatic heterocycles. The molecule has 0 bridgehead atoms. The summed E-state index contributed by atoms with van der Waals surface area (Å²) in [5.41, 5.74) is 2.34. The van der Waals surface area contributed by atoms with Crippen LogP contribution in [-0.4, -0.2) is 48.3 Å². The van der Waals surface area contributed by atoms with E-state index in [9.17, 15) is 13.2 Å². The average molecular weight is 274 g/mol.